The Hall–Kier alpha value is -0.0831. The molecule has 0 aromatic rings. The van der Waals surface area contributed by atoms with Gasteiger partial charge in [0.25, 0.3) is 0 Å². The first-order chi connectivity index (χ1) is 8.96. The van der Waals surface area contributed by atoms with Crippen molar-refractivity contribution in [2.24, 2.45) is 11.8 Å². The van der Waals surface area contributed by atoms with E-state index in [1.54, 1.807) is 5.57 Å². The van der Waals surface area contributed by atoms with Crippen molar-refractivity contribution in [1.82, 2.24) is 4.90 Å². The number of nitrogens with zero attached hydrogens (tertiary/aromatic N) is 1. The summed E-state index contributed by atoms with van der Waals surface area (Å²) in [5.74, 6) is 2.01. The van der Waals surface area contributed by atoms with Gasteiger partial charge in [0.15, 0.2) is 0 Å². The van der Waals surface area contributed by atoms with Gasteiger partial charge in [-0.05, 0) is 44.6 Å². The second-order valence-corrected chi connectivity index (χ2v) is 13.4. The normalized spacial score (nSPS) is 39.4. The molecule has 0 bridgehead atoms. The Bertz CT molecular complexity index is 362. The van der Waals surface area contributed by atoms with Gasteiger partial charge in [-0.1, -0.05) is 50.2 Å². The molecule has 1 nitrogen and oxygen atoms in total. The molecular weight excluding hydrogens is 246 g/mol. The van der Waals surface area contributed by atoms with Gasteiger partial charge in [0.05, 0.1) is 8.07 Å². The Morgan fingerprint density at radius 2 is 1.74 bits per heavy atom. The number of likely N-dealkylation sites (N-methyl/N-ethyl adjacent to an activating group) is 1. The van der Waals surface area contributed by atoms with Crippen LogP contribution in [0, 0.1) is 11.8 Å². The van der Waals surface area contributed by atoms with Crippen molar-refractivity contribution in [2.45, 2.75) is 76.7 Å². The summed E-state index contributed by atoms with van der Waals surface area (Å²) >= 11 is 0. The largest absolute Gasteiger partial charge is 0.296 e. The molecule has 0 aromatic carbocycles. The van der Waals surface area contributed by atoms with Gasteiger partial charge >= 0.3 is 0 Å². The lowest BCUT2D eigenvalue weighted by molar-refractivity contribution is 0.152. The molecule has 2 aliphatic carbocycles. The molecule has 3 fully saturated rings. The highest BCUT2D eigenvalue weighted by molar-refractivity contribution is 6.81. The van der Waals surface area contributed by atoms with Gasteiger partial charge in [-0.3, -0.25) is 4.90 Å². The highest BCUT2D eigenvalue weighted by Gasteiger charge is 2.49. The minimum atomic E-state index is -1.03. The predicted molar refractivity (Wildman–Crippen MR) is 86.1 cm³/mol. The fourth-order valence-electron chi connectivity index (χ4n) is 4.91. The molecule has 3 aliphatic rings. The zero-order valence-corrected chi connectivity index (χ0v) is 14.3. The van der Waals surface area contributed by atoms with Crippen LogP contribution in [0.4, 0.5) is 0 Å². The second-order valence-electron chi connectivity index (χ2n) is 8.36. The minimum absolute atomic E-state index is 0.832. The standard InChI is InChI=1S/C17H31NSi/c1-18-16(13-8-6-5-7-9-13)11-14-10-15(17(14)18)12-19(2,3)4/h12-14,16-17H,5-11H2,1-4H3/b15-12-/t14-,16-,17-/m0/s1. The third-order valence-corrected chi connectivity index (χ3v) is 6.88. The molecule has 2 saturated carbocycles. The molecule has 3 atom stereocenters. The maximum Gasteiger partial charge on any atom is 0.0687 e. The van der Waals surface area contributed by atoms with Crippen LogP contribution >= 0.6 is 0 Å². The average molecular weight is 278 g/mol. The topological polar surface area (TPSA) is 3.24 Å². The van der Waals surface area contributed by atoms with Gasteiger partial charge in [-0.2, -0.15) is 0 Å². The van der Waals surface area contributed by atoms with Crippen molar-refractivity contribution in [3.63, 3.8) is 0 Å². The van der Waals surface area contributed by atoms with E-state index in [1.165, 1.54) is 44.9 Å². The number of hydrogen-bond donors (Lipinski definition) is 0. The van der Waals surface area contributed by atoms with Crippen molar-refractivity contribution < 1.29 is 0 Å². The van der Waals surface area contributed by atoms with Gasteiger partial charge in [-0.25, -0.2) is 0 Å². The number of likely N-dealkylation sites (tertiary alicyclic amines) is 1. The summed E-state index contributed by atoms with van der Waals surface area (Å²) in [5, 5.41) is 0. The smallest absolute Gasteiger partial charge is 0.0687 e. The Morgan fingerprint density at radius 1 is 1.05 bits per heavy atom. The molecule has 0 radical (unpaired) electrons. The van der Waals surface area contributed by atoms with Crippen LogP contribution in [0.2, 0.25) is 19.6 Å². The maximum absolute atomic E-state index is 2.77. The number of fused-ring (bicyclic) bond motifs is 1. The molecule has 3 rings (SSSR count). The highest BCUT2D eigenvalue weighted by Crippen LogP contribution is 2.50. The zero-order valence-electron chi connectivity index (χ0n) is 13.3. The summed E-state index contributed by atoms with van der Waals surface area (Å²) in [4.78, 5) is 2.77. The summed E-state index contributed by atoms with van der Waals surface area (Å²) in [6, 6.07) is 1.74. The van der Waals surface area contributed by atoms with Crippen molar-refractivity contribution in [1.29, 1.82) is 0 Å². The van der Waals surface area contributed by atoms with Crippen LogP contribution in [0.5, 0.6) is 0 Å². The monoisotopic (exact) mass is 277 g/mol. The van der Waals surface area contributed by atoms with E-state index in [0.717, 1.165) is 23.9 Å². The van der Waals surface area contributed by atoms with Crippen molar-refractivity contribution in [2.75, 3.05) is 7.05 Å². The SMILES string of the molecule is CN1[C@@H]2/C(=C\[Si](C)(C)C)C[C@H]2C[C@H]1C1CCCCC1. The van der Waals surface area contributed by atoms with E-state index in [9.17, 15) is 0 Å². The van der Waals surface area contributed by atoms with Crippen molar-refractivity contribution >= 4 is 8.07 Å². The van der Waals surface area contributed by atoms with Crippen molar-refractivity contribution in [3.05, 3.63) is 11.3 Å². The molecule has 2 heteroatoms. The summed E-state index contributed by atoms with van der Waals surface area (Å²) in [6.07, 6.45) is 10.4. The van der Waals surface area contributed by atoms with Gasteiger partial charge in [-0.15, -0.1) is 0 Å². The molecule has 0 spiro atoms. The lowest BCUT2D eigenvalue weighted by atomic mass is 9.75. The van der Waals surface area contributed by atoms with E-state index in [4.69, 9.17) is 0 Å². The first kappa shape index (κ1) is 13.9. The van der Waals surface area contributed by atoms with Gasteiger partial charge < -0.3 is 0 Å². The third kappa shape index (κ3) is 2.71. The lowest BCUT2D eigenvalue weighted by Crippen LogP contribution is -2.44. The summed E-state index contributed by atoms with van der Waals surface area (Å²) in [5.41, 5.74) is 4.48. The molecule has 0 amide bonds. The maximum atomic E-state index is 2.77. The van der Waals surface area contributed by atoms with Crippen LogP contribution in [-0.4, -0.2) is 32.1 Å². The van der Waals surface area contributed by atoms with E-state index in [1.807, 2.05) is 0 Å². The first-order valence-corrected chi connectivity index (χ1v) is 12.0. The van der Waals surface area contributed by atoms with E-state index < -0.39 is 8.07 Å². The quantitative estimate of drug-likeness (QED) is 0.673. The summed E-state index contributed by atoms with van der Waals surface area (Å²) in [6.45, 7) is 7.42. The molecule has 1 heterocycles. The van der Waals surface area contributed by atoms with Crippen LogP contribution in [0.1, 0.15) is 44.9 Å². The molecule has 1 saturated heterocycles. The zero-order chi connectivity index (χ0) is 13.6. The first-order valence-electron chi connectivity index (χ1n) is 8.39. The van der Waals surface area contributed by atoms with E-state index >= 15 is 0 Å². The molecule has 1 aliphatic heterocycles. The van der Waals surface area contributed by atoms with Crippen LogP contribution in [0.3, 0.4) is 0 Å². The third-order valence-electron chi connectivity index (χ3n) is 5.64. The Labute approximate surface area is 120 Å². The Balaban J connectivity index is 1.69. The van der Waals surface area contributed by atoms with E-state index in [0.29, 0.717) is 0 Å². The molecular formula is C17H31NSi. The molecule has 0 unspecified atom stereocenters. The molecule has 0 aromatic heterocycles. The van der Waals surface area contributed by atoms with Gasteiger partial charge in [0.2, 0.25) is 0 Å². The fraction of sp³-hybridized carbons (Fsp3) is 0.882. The average Bonchev–Trinajstić information content (AvgIpc) is 2.57. The summed E-state index contributed by atoms with van der Waals surface area (Å²) in [7, 11) is 1.39. The minimum Gasteiger partial charge on any atom is -0.296 e. The van der Waals surface area contributed by atoms with E-state index in [2.05, 4.69) is 37.3 Å². The fourth-order valence-corrected chi connectivity index (χ4v) is 6.31. The van der Waals surface area contributed by atoms with Crippen LogP contribution < -0.4 is 0 Å². The van der Waals surface area contributed by atoms with E-state index in [-0.39, 0.29) is 0 Å². The highest BCUT2D eigenvalue weighted by atomic mass is 28.3. The number of rotatable bonds is 2. The lowest BCUT2D eigenvalue weighted by Gasteiger charge is -2.41. The molecule has 19 heavy (non-hydrogen) atoms. The van der Waals surface area contributed by atoms with Gasteiger partial charge in [0.1, 0.15) is 0 Å². The summed E-state index contributed by atoms with van der Waals surface area (Å²) < 4.78 is 0. The second kappa shape index (κ2) is 5.03. The number of hydrogen-bond acceptors (Lipinski definition) is 1. The van der Waals surface area contributed by atoms with Crippen LogP contribution in [0.25, 0.3) is 0 Å². The molecule has 0 N–H and O–H groups in total. The van der Waals surface area contributed by atoms with Crippen LogP contribution in [-0.2, 0) is 0 Å². The molecule has 108 valence electrons. The van der Waals surface area contributed by atoms with Crippen LogP contribution in [0.15, 0.2) is 11.3 Å². The Morgan fingerprint density at radius 3 is 2.37 bits per heavy atom. The Kier molecular flexibility index (Phi) is 3.68. The van der Waals surface area contributed by atoms with Crippen molar-refractivity contribution in [3.8, 4) is 0 Å². The predicted octanol–water partition coefficient (Wildman–Crippen LogP) is 4.46. The van der Waals surface area contributed by atoms with Gasteiger partial charge in [0, 0.05) is 12.1 Å².